The number of fused-ring (bicyclic) bond motifs is 1. The average Bonchev–Trinajstić information content (AvgIpc) is 3.16. The SMILES string of the molecule is CCCCOc1ccccc1-c1cc2c(=O)n(CC3CCCCC3)ccn2n1. The molecule has 0 unspecified atom stereocenters. The second kappa shape index (κ2) is 8.63. The first-order chi connectivity index (χ1) is 13.8. The fraction of sp³-hybridized carbons (Fsp3) is 0.478. The van der Waals surface area contributed by atoms with Crippen LogP contribution >= 0.6 is 0 Å². The van der Waals surface area contributed by atoms with Gasteiger partial charge in [-0.05, 0) is 43.4 Å². The number of hydrogen-bond acceptors (Lipinski definition) is 3. The number of aromatic nitrogens is 3. The van der Waals surface area contributed by atoms with Crippen LogP contribution in [0.15, 0.2) is 47.5 Å². The lowest BCUT2D eigenvalue weighted by Crippen LogP contribution is -2.25. The predicted molar refractivity (Wildman–Crippen MR) is 112 cm³/mol. The molecule has 2 heterocycles. The topological polar surface area (TPSA) is 48.5 Å². The van der Waals surface area contributed by atoms with Crippen LogP contribution < -0.4 is 10.3 Å². The summed E-state index contributed by atoms with van der Waals surface area (Å²) >= 11 is 0. The van der Waals surface area contributed by atoms with Gasteiger partial charge in [0.15, 0.2) is 0 Å². The second-order valence-corrected chi connectivity index (χ2v) is 7.82. The number of nitrogens with zero attached hydrogens (tertiary/aromatic N) is 3. The Kier molecular flexibility index (Phi) is 5.79. The number of unbranched alkanes of at least 4 members (excludes halogenated alkanes) is 1. The van der Waals surface area contributed by atoms with Gasteiger partial charge in [0.25, 0.3) is 5.56 Å². The quantitative estimate of drug-likeness (QED) is 0.547. The highest BCUT2D eigenvalue weighted by atomic mass is 16.5. The largest absolute Gasteiger partial charge is 0.493 e. The van der Waals surface area contributed by atoms with Gasteiger partial charge >= 0.3 is 0 Å². The van der Waals surface area contributed by atoms with Gasteiger partial charge < -0.3 is 9.30 Å². The van der Waals surface area contributed by atoms with Gasteiger partial charge in [0.2, 0.25) is 0 Å². The van der Waals surface area contributed by atoms with E-state index in [9.17, 15) is 4.79 Å². The van der Waals surface area contributed by atoms with Crippen molar-refractivity contribution >= 4 is 5.52 Å². The Bertz CT molecular complexity index is 983. The predicted octanol–water partition coefficient (Wildman–Crippen LogP) is 4.92. The van der Waals surface area contributed by atoms with Crippen molar-refractivity contribution in [3.63, 3.8) is 0 Å². The lowest BCUT2D eigenvalue weighted by atomic mass is 9.89. The molecule has 0 N–H and O–H groups in total. The Labute approximate surface area is 166 Å². The molecule has 5 nitrogen and oxygen atoms in total. The van der Waals surface area contributed by atoms with Gasteiger partial charge in [0.05, 0.1) is 12.3 Å². The molecule has 1 aliphatic rings. The van der Waals surface area contributed by atoms with Crippen LogP contribution in [0.4, 0.5) is 0 Å². The second-order valence-electron chi connectivity index (χ2n) is 7.82. The molecule has 1 fully saturated rings. The fourth-order valence-electron chi connectivity index (χ4n) is 4.08. The number of hydrogen-bond donors (Lipinski definition) is 0. The molecule has 2 aromatic heterocycles. The van der Waals surface area contributed by atoms with Crippen molar-refractivity contribution in [2.45, 2.75) is 58.4 Å². The maximum atomic E-state index is 13.0. The molecule has 3 aromatic rings. The summed E-state index contributed by atoms with van der Waals surface area (Å²) in [6.07, 6.45) is 12.2. The van der Waals surface area contributed by atoms with E-state index in [1.807, 2.05) is 47.3 Å². The van der Waals surface area contributed by atoms with E-state index in [-0.39, 0.29) is 5.56 Å². The summed E-state index contributed by atoms with van der Waals surface area (Å²) in [5.41, 5.74) is 2.37. The van der Waals surface area contributed by atoms with Crippen LogP contribution in [0.3, 0.4) is 0 Å². The third-order valence-electron chi connectivity index (χ3n) is 5.70. The summed E-state index contributed by atoms with van der Waals surface area (Å²) in [5, 5.41) is 4.64. The van der Waals surface area contributed by atoms with Crippen molar-refractivity contribution in [1.82, 2.24) is 14.2 Å². The third-order valence-corrected chi connectivity index (χ3v) is 5.70. The number of ether oxygens (including phenoxy) is 1. The maximum absolute atomic E-state index is 13.0. The summed E-state index contributed by atoms with van der Waals surface area (Å²) in [5.74, 6) is 1.44. The van der Waals surface area contributed by atoms with Crippen LogP contribution in [0.2, 0.25) is 0 Å². The molecule has 0 bridgehead atoms. The Morgan fingerprint density at radius 2 is 1.96 bits per heavy atom. The summed E-state index contributed by atoms with van der Waals surface area (Å²) in [6, 6.07) is 9.81. The molecule has 0 atom stereocenters. The van der Waals surface area contributed by atoms with Crippen molar-refractivity contribution in [3.8, 4) is 17.0 Å². The molecule has 0 spiro atoms. The number of benzene rings is 1. The van der Waals surface area contributed by atoms with E-state index < -0.39 is 0 Å². The highest BCUT2D eigenvalue weighted by Gasteiger charge is 2.17. The summed E-state index contributed by atoms with van der Waals surface area (Å²) < 4.78 is 9.50. The minimum absolute atomic E-state index is 0.0382. The van der Waals surface area contributed by atoms with Gasteiger partial charge in [-0.1, -0.05) is 44.7 Å². The summed E-state index contributed by atoms with van der Waals surface area (Å²) in [7, 11) is 0. The summed E-state index contributed by atoms with van der Waals surface area (Å²) in [6.45, 7) is 3.65. The third kappa shape index (κ3) is 3.98. The Morgan fingerprint density at radius 1 is 1.14 bits per heavy atom. The highest BCUT2D eigenvalue weighted by molar-refractivity contribution is 5.71. The van der Waals surface area contributed by atoms with E-state index in [4.69, 9.17) is 4.74 Å². The first kappa shape index (κ1) is 18.8. The molecule has 28 heavy (non-hydrogen) atoms. The van der Waals surface area contributed by atoms with Crippen molar-refractivity contribution in [3.05, 3.63) is 53.1 Å². The minimum atomic E-state index is 0.0382. The molecule has 5 heteroatoms. The minimum Gasteiger partial charge on any atom is -0.493 e. The van der Waals surface area contributed by atoms with Gasteiger partial charge in [0.1, 0.15) is 11.3 Å². The highest BCUT2D eigenvalue weighted by Crippen LogP contribution is 2.29. The molecule has 1 saturated carbocycles. The molecule has 0 aliphatic heterocycles. The van der Waals surface area contributed by atoms with Crippen LogP contribution in [0.1, 0.15) is 51.9 Å². The molecule has 0 saturated heterocycles. The van der Waals surface area contributed by atoms with E-state index in [2.05, 4.69) is 12.0 Å². The first-order valence-electron chi connectivity index (χ1n) is 10.6. The summed E-state index contributed by atoms with van der Waals surface area (Å²) in [4.78, 5) is 13.0. The normalized spacial score (nSPS) is 15.2. The van der Waals surface area contributed by atoms with Gasteiger partial charge in [0, 0.05) is 24.5 Å². The van der Waals surface area contributed by atoms with E-state index in [0.29, 0.717) is 18.0 Å². The van der Waals surface area contributed by atoms with Crippen molar-refractivity contribution in [2.75, 3.05) is 6.61 Å². The van der Waals surface area contributed by atoms with Crippen molar-refractivity contribution < 1.29 is 4.74 Å². The average molecular weight is 380 g/mol. The Morgan fingerprint density at radius 3 is 2.79 bits per heavy atom. The lowest BCUT2D eigenvalue weighted by molar-refractivity contribution is 0.310. The van der Waals surface area contributed by atoms with E-state index in [1.165, 1.54) is 32.1 Å². The molecule has 4 rings (SSSR count). The number of para-hydroxylation sites is 1. The zero-order valence-electron chi connectivity index (χ0n) is 16.6. The van der Waals surface area contributed by atoms with Crippen LogP contribution in [-0.2, 0) is 6.54 Å². The van der Waals surface area contributed by atoms with Crippen molar-refractivity contribution in [1.29, 1.82) is 0 Å². The monoisotopic (exact) mass is 379 g/mol. The van der Waals surface area contributed by atoms with Crippen LogP contribution in [0.25, 0.3) is 16.8 Å². The molecule has 1 aliphatic carbocycles. The lowest BCUT2D eigenvalue weighted by Gasteiger charge is -2.22. The van der Waals surface area contributed by atoms with Crippen LogP contribution in [0, 0.1) is 5.92 Å². The van der Waals surface area contributed by atoms with Gasteiger partial charge in [-0.25, -0.2) is 4.52 Å². The fourth-order valence-corrected chi connectivity index (χ4v) is 4.08. The maximum Gasteiger partial charge on any atom is 0.276 e. The van der Waals surface area contributed by atoms with Crippen molar-refractivity contribution in [2.24, 2.45) is 5.92 Å². The molecule has 148 valence electrons. The molecule has 1 aromatic carbocycles. The van der Waals surface area contributed by atoms with Gasteiger partial charge in [-0.15, -0.1) is 0 Å². The Hall–Kier alpha value is -2.56. The van der Waals surface area contributed by atoms with E-state index in [0.717, 1.165) is 36.4 Å². The van der Waals surface area contributed by atoms with Gasteiger partial charge in [-0.2, -0.15) is 5.10 Å². The van der Waals surface area contributed by atoms with Gasteiger partial charge in [-0.3, -0.25) is 4.79 Å². The number of rotatable bonds is 7. The Balaban J connectivity index is 1.63. The van der Waals surface area contributed by atoms with Crippen LogP contribution in [0.5, 0.6) is 5.75 Å². The molecule has 0 amide bonds. The zero-order valence-corrected chi connectivity index (χ0v) is 16.6. The molecular formula is C23H29N3O2. The standard InChI is InChI=1S/C23H29N3O2/c1-2-3-15-28-22-12-8-7-11-19(22)20-16-21-23(27)25(13-14-26(21)24-20)17-18-9-5-4-6-10-18/h7-8,11-14,16,18H,2-6,9-10,15,17H2,1H3. The smallest absolute Gasteiger partial charge is 0.276 e. The van der Waals surface area contributed by atoms with Crippen LogP contribution in [-0.4, -0.2) is 20.8 Å². The van der Waals surface area contributed by atoms with E-state index >= 15 is 0 Å². The first-order valence-corrected chi connectivity index (χ1v) is 10.6. The van der Waals surface area contributed by atoms with E-state index in [1.54, 1.807) is 4.52 Å². The molecule has 0 radical (unpaired) electrons. The zero-order chi connectivity index (χ0) is 19.3. The molecular weight excluding hydrogens is 350 g/mol.